The molecule has 0 atom stereocenters. The molecule has 1 heterocycles. The Morgan fingerprint density at radius 3 is 2.62 bits per heavy atom. The first-order valence-electron chi connectivity index (χ1n) is 6.67. The average Bonchev–Trinajstić information content (AvgIpc) is 2.70. The molecule has 0 aliphatic heterocycles. The number of nitrogens with one attached hydrogen (secondary N) is 1. The van der Waals surface area contributed by atoms with Crippen molar-refractivity contribution in [2.45, 2.75) is 13.5 Å². The molecule has 0 radical (unpaired) electrons. The molecule has 0 bridgehead atoms. The first-order valence-corrected chi connectivity index (χ1v) is 6.67. The highest BCUT2D eigenvalue weighted by atomic mass is 19.1. The number of halogens is 1. The monoisotopic (exact) mass is 290 g/mol. The van der Waals surface area contributed by atoms with E-state index in [1.807, 2.05) is 32.1 Å². The topological polar surface area (TPSA) is 50.2 Å². The van der Waals surface area contributed by atoms with Gasteiger partial charge in [-0.2, -0.15) is 5.10 Å². The number of hydrogen-bond donors (Lipinski definition) is 1. The first-order chi connectivity index (χ1) is 9.94. The fourth-order valence-electron chi connectivity index (χ4n) is 2.13. The van der Waals surface area contributed by atoms with Crippen molar-refractivity contribution in [1.29, 1.82) is 0 Å². The smallest absolute Gasteiger partial charge is 0.238 e. The van der Waals surface area contributed by atoms with Crippen LogP contribution >= 0.6 is 0 Å². The van der Waals surface area contributed by atoms with Gasteiger partial charge in [0.1, 0.15) is 5.82 Å². The van der Waals surface area contributed by atoms with Crippen LogP contribution in [0.3, 0.4) is 0 Å². The van der Waals surface area contributed by atoms with Gasteiger partial charge in [0.25, 0.3) is 0 Å². The van der Waals surface area contributed by atoms with Crippen molar-refractivity contribution in [3.05, 3.63) is 47.5 Å². The van der Waals surface area contributed by atoms with Crippen LogP contribution < -0.4 is 5.32 Å². The van der Waals surface area contributed by atoms with Gasteiger partial charge < -0.3 is 5.32 Å². The Morgan fingerprint density at radius 1 is 1.38 bits per heavy atom. The Balaban J connectivity index is 1.87. The number of nitrogens with zero attached hydrogens (tertiary/aromatic N) is 3. The number of benzene rings is 1. The van der Waals surface area contributed by atoms with Crippen LogP contribution in [0.1, 0.15) is 11.3 Å². The number of carbonyl (C=O) groups is 1. The number of hydrogen-bond acceptors (Lipinski definition) is 3. The number of likely N-dealkylation sites (N-methyl/N-ethyl adjacent to an activating group) is 1. The molecule has 112 valence electrons. The number of aryl methyl sites for hydroxylation is 2. The normalized spacial score (nSPS) is 10.9. The number of amides is 1. The molecular formula is C15H19FN4O. The zero-order chi connectivity index (χ0) is 15.4. The predicted molar refractivity (Wildman–Crippen MR) is 79.3 cm³/mol. The third-order valence-electron chi connectivity index (χ3n) is 3.10. The van der Waals surface area contributed by atoms with Crippen molar-refractivity contribution >= 4 is 11.6 Å². The van der Waals surface area contributed by atoms with Crippen LogP contribution in [0.5, 0.6) is 0 Å². The SMILES string of the molecule is Cc1nn(C)cc1CN(C)CC(=O)Nc1ccc(F)cc1. The second-order valence-electron chi connectivity index (χ2n) is 5.14. The Hall–Kier alpha value is -2.21. The maximum absolute atomic E-state index is 12.8. The molecule has 21 heavy (non-hydrogen) atoms. The van der Waals surface area contributed by atoms with Gasteiger partial charge in [-0.3, -0.25) is 14.4 Å². The van der Waals surface area contributed by atoms with Gasteiger partial charge >= 0.3 is 0 Å². The number of anilines is 1. The van der Waals surface area contributed by atoms with E-state index in [1.165, 1.54) is 12.1 Å². The Labute approximate surface area is 123 Å². The number of aromatic nitrogens is 2. The minimum Gasteiger partial charge on any atom is -0.325 e. The third-order valence-corrected chi connectivity index (χ3v) is 3.10. The van der Waals surface area contributed by atoms with Crippen LogP contribution in [0, 0.1) is 12.7 Å². The fraction of sp³-hybridized carbons (Fsp3) is 0.333. The summed E-state index contributed by atoms with van der Waals surface area (Å²) in [6.45, 7) is 2.85. The van der Waals surface area contributed by atoms with Crippen LogP contribution in [0.4, 0.5) is 10.1 Å². The summed E-state index contributed by atoms with van der Waals surface area (Å²) in [6, 6.07) is 5.72. The molecule has 0 unspecified atom stereocenters. The highest BCUT2D eigenvalue weighted by molar-refractivity contribution is 5.92. The van der Waals surface area contributed by atoms with Gasteiger partial charge in [-0.25, -0.2) is 4.39 Å². The molecular weight excluding hydrogens is 271 g/mol. The molecule has 1 aromatic heterocycles. The fourth-order valence-corrected chi connectivity index (χ4v) is 2.13. The molecule has 0 spiro atoms. The van der Waals surface area contributed by atoms with Crippen LogP contribution in [0.25, 0.3) is 0 Å². The lowest BCUT2D eigenvalue weighted by Crippen LogP contribution is -2.29. The highest BCUT2D eigenvalue weighted by Crippen LogP contribution is 2.10. The molecule has 5 nitrogen and oxygen atoms in total. The van der Waals surface area contributed by atoms with E-state index in [9.17, 15) is 9.18 Å². The van der Waals surface area contributed by atoms with Crippen molar-refractivity contribution in [2.75, 3.05) is 18.9 Å². The maximum Gasteiger partial charge on any atom is 0.238 e. The second-order valence-corrected chi connectivity index (χ2v) is 5.14. The summed E-state index contributed by atoms with van der Waals surface area (Å²) in [5, 5.41) is 7.01. The van der Waals surface area contributed by atoms with Crippen LogP contribution in [0.2, 0.25) is 0 Å². The van der Waals surface area contributed by atoms with Crippen LogP contribution in [0.15, 0.2) is 30.5 Å². The summed E-state index contributed by atoms with van der Waals surface area (Å²) in [7, 11) is 3.74. The molecule has 0 saturated heterocycles. The maximum atomic E-state index is 12.8. The van der Waals surface area contributed by atoms with E-state index in [4.69, 9.17) is 0 Å². The van der Waals surface area contributed by atoms with E-state index in [0.29, 0.717) is 12.2 Å². The number of rotatable bonds is 5. The molecule has 1 amide bonds. The Kier molecular flexibility index (Phi) is 4.70. The minimum atomic E-state index is -0.322. The van der Waals surface area contributed by atoms with Gasteiger partial charge in [0.15, 0.2) is 0 Å². The van der Waals surface area contributed by atoms with E-state index in [2.05, 4.69) is 10.4 Å². The lowest BCUT2D eigenvalue weighted by molar-refractivity contribution is -0.117. The second kappa shape index (κ2) is 6.49. The molecule has 1 aromatic carbocycles. The summed E-state index contributed by atoms with van der Waals surface area (Å²) >= 11 is 0. The minimum absolute atomic E-state index is 0.134. The van der Waals surface area contributed by atoms with E-state index in [-0.39, 0.29) is 18.3 Å². The molecule has 0 aliphatic carbocycles. The van der Waals surface area contributed by atoms with E-state index >= 15 is 0 Å². The van der Waals surface area contributed by atoms with Gasteiger partial charge in [0.05, 0.1) is 12.2 Å². The van der Waals surface area contributed by atoms with Crippen molar-refractivity contribution < 1.29 is 9.18 Å². The van der Waals surface area contributed by atoms with Crippen LogP contribution in [-0.4, -0.2) is 34.2 Å². The summed E-state index contributed by atoms with van der Waals surface area (Å²) < 4.78 is 14.5. The summed E-state index contributed by atoms with van der Waals surface area (Å²) in [4.78, 5) is 13.8. The third kappa shape index (κ3) is 4.39. The zero-order valence-corrected chi connectivity index (χ0v) is 12.4. The van der Waals surface area contributed by atoms with Gasteiger partial charge in [-0.05, 0) is 38.2 Å². The van der Waals surface area contributed by atoms with Crippen molar-refractivity contribution in [1.82, 2.24) is 14.7 Å². The molecule has 0 fully saturated rings. The molecule has 6 heteroatoms. The average molecular weight is 290 g/mol. The van der Waals surface area contributed by atoms with Crippen molar-refractivity contribution in [3.8, 4) is 0 Å². The molecule has 0 saturated carbocycles. The van der Waals surface area contributed by atoms with Crippen molar-refractivity contribution in [2.24, 2.45) is 7.05 Å². The van der Waals surface area contributed by atoms with Gasteiger partial charge in [0, 0.05) is 31.0 Å². The Bertz CT molecular complexity index is 621. The van der Waals surface area contributed by atoms with Crippen molar-refractivity contribution in [3.63, 3.8) is 0 Å². The summed E-state index contributed by atoms with van der Waals surface area (Å²) in [5.41, 5.74) is 2.64. The predicted octanol–water partition coefficient (Wildman–Crippen LogP) is 1.94. The molecule has 2 aromatic rings. The summed E-state index contributed by atoms with van der Waals surface area (Å²) in [5.74, 6) is -0.456. The zero-order valence-electron chi connectivity index (χ0n) is 12.4. The van der Waals surface area contributed by atoms with E-state index in [0.717, 1.165) is 11.3 Å². The van der Waals surface area contributed by atoms with Gasteiger partial charge in [0.2, 0.25) is 5.91 Å². The lowest BCUT2D eigenvalue weighted by Gasteiger charge is -2.15. The highest BCUT2D eigenvalue weighted by Gasteiger charge is 2.10. The lowest BCUT2D eigenvalue weighted by atomic mass is 10.2. The Morgan fingerprint density at radius 2 is 2.05 bits per heavy atom. The van der Waals surface area contributed by atoms with Gasteiger partial charge in [-0.1, -0.05) is 0 Å². The largest absolute Gasteiger partial charge is 0.325 e. The molecule has 2 rings (SSSR count). The molecule has 1 N–H and O–H groups in total. The van der Waals surface area contributed by atoms with Crippen LogP contribution in [-0.2, 0) is 18.4 Å². The number of carbonyl (C=O) groups excluding carboxylic acids is 1. The standard InChI is InChI=1S/C15H19FN4O/c1-11-12(9-20(3)18-11)8-19(2)10-15(21)17-14-6-4-13(16)5-7-14/h4-7,9H,8,10H2,1-3H3,(H,17,21). The summed E-state index contributed by atoms with van der Waals surface area (Å²) in [6.07, 6.45) is 1.95. The molecule has 0 aliphatic rings. The van der Waals surface area contributed by atoms with E-state index in [1.54, 1.807) is 16.8 Å². The quantitative estimate of drug-likeness (QED) is 0.915. The van der Waals surface area contributed by atoms with E-state index < -0.39 is 0 Å². The van der Waals surface area contributed by atoms with Gasteiger partial charge in [-0.15, -0.1) is 0 Å². The first kappa shape index (κ1) is 15.2.